The molecule has 0 aliphatic carbocycles. The van der Waals surface area contributed by atoms with E-state index in [4.69, 9.17) is 22.1 Å². The lowest BCUT2D eigenvalue weighted by atomic mass is 10.2. The predicted molar refractivity (Wildman–Crippen MR) is 82.0 cm³/mol. The highest BCUT2D eigenvalue weighted by Gasteiger charge is 2.10. The SMILES string of the molecule is Nc1cccc(Br)c1COc1cc(F)c(Cl)cc1Br. The zero-order valence-electron chi connectivity index (χ0n) is 9.59. The van der Waals surface area contributed by atoms with E-state index in [1.54, 1.807) is 6.07 Å². The number of ether oxygens (including phenoxy) is 1. The van der Waals surface area contributed by atoms with E-state index < -0.39 is 5.82 Å². The molecule has 0 heterocycles. The molecule has 0 aliphatic rings. The first-order chi connectivity index (χ1) is 8.99. The van der Waals surface area contributed by atoms with E-state index in [2.05, 4.69) is 31.9 Å². The molecule has 2 N–H and O–H groups in total. The van der Waals surface area contributed by atoms with Crippen LogP contribution in [0.5, 0.6) is 5.75 Å². The van der Waals surface area contributed by atoms with Crippen molar-refractivity contribution in [1.82, 2.24) is 0 Å². The van der Waals surface area contributed by atoms with E-state index in [0.717, 1.165) is 10.0 Å². The molecular formula is C13H9Br2ClFNO. The largest absolute Gasteiger partial charge is 0.487 e. The van der Waals surface area contributed by atoms with E-state index in [0.29, 0.717) is 15.9 Å². The minimum atomic E-state index is -0.528. The second-order valence-electron chi connectivity index (χ2n) is 3.79. The van der Waals surface area contributed by atoms with Gasteiger partial charge < -0.3 is 10.5 Å². The first-order valence-electron chi connectivity index (χ1n) is 5.29. The lowest BCUT2D eigenvalue weighted by molar-refractivity contribution is 0.302. The van der Waals surface area contributed by atoms with Crippen LogP contribution in [-0.2, 0) is 6.61 Å². The lowest BCUT2D eigenvalue weighted by Gasteiger charge is -2.12. The summed E-state index contributed by atoms with van der Waals surface area (Å²) in [4.78, 5) is 0. The molecule has 0 fully saturated rings. The van der Waals surface area contributed by atoms with E-state index >= 15 is 0 Å². The van der Waals surface area contributed by atoms with Gasteiger partial charge in [0.1, 0.15) is 18.2 Å². The Kier molecular flexibility index (Phi) is 4.71. The maximum atomic E-state index is 13.4. The van der Waals surface area contributed by atoms with Gasteiger partial charge in [0, 0.05) is 21.8 Å². The molecule has 19 heavy (non-hydrogen) atoms. The van der Waals surface area contributed by atoms with Crippen LogP contribution in [0, 0.1) is 5.82 Å². The number of nitrogens with two attached hydrogens (primary N) is 1. The summed E-state index contributed by atoms with van der Waals surface area (Å²) in [6.07, 6.45) is 0. The zero-order chi connectivity index (χ0) is 14.0. The summed E-state index contributed by atoms with van der Waals surface area (Å²) in [5.74, 6) is -0.156. The molecule has 2 aromatic carbocycles. The predicted octanol–water partition coefficient (Wildman–Crippen LogP) is 5.17. The number of nitrogen functional groups attached to an aromatic ring is 1. The smallest absolute Gasteiger partial charge is 0.145 e. The monoisotopic (exact) mass is 407 g/mol. The van der Waals surface area contributed by atoms with Crippen molar-refractivity contribution >= 4 is 49.1 Å². The van der Waals surface area contributed by atoms with Crippen LogP contribution in [0.4, 0.5) is 10.1 Å². The van der Waals surface area contributed by atoms with Crippen LogP contribution in [0.1, 0.15) is 5.56 Å². The maximum absolute atomic E-state index is 13.4. The third-order valence-electron chi connectivity index (χ3n) is 2.50. The van der Waals surface area contributed by atoms with Gasteiger partial charge in [-0.25, -0.2) is 4.39 Å². The summed E-state index contributed by atoms with van der Waals surface area (Å²) in [5.41, 5.74) is 7.28. The van der Waals surface area contributed by atoms with Gasteiger partial charge in [-0.3, -0.25) is 0 Å². The van der Waals surface area contributed by atoms with Gasteiger partial charge in [-0.15, -0.1) is 0 Å². The van der Waals surface area contributed by atoms with Gasteiger partial charge in [-0.05, 0) is 34.1 Å². The van der Waals surface area contributed by atoms with Gasteiger partial charge in [0.25, 0.3) is 0 Å². The second kappa shape index (κ2) is 6.11. The van der Waals surface area contributed by atoms with Crippen molar-refractivity contribution in [2.45, 2.75) is 6.61 Å². The highest BCUT2D eigenvalue weighted by Crippen LogP contribution is 2.32. The Morgan fingerprint density at radius 3 is 2.63 bits per heavy atom. The van der Waals surface area contributed by atoms with Crippen molar-refractivity contribution < 1.29 is 9.13 Å². The van der Waals surface area contributed by atoms with Crippen molar-refractivity contribution in [2.75, 3.05) is 5.73 Å². The molecular weight excluding hydrogens is 400 g/mol. The number of hydrogen-bond acceptors (Lipinski definition) is 2. The molecule has 0 bridgehead atoms. The molecule has 0 spiro atoms. The average Bonchev–Trinajstić information content (AvgIpc) is 2.34. The van der Waals surface area contributed by atoms with Crippen LogP contribution in [0.25, 0.3) is 0 Å². The molecule has 2 aromatic rings. The van der Waals surface area contributed by atoms with Crippen LogP contribution >= 0.6 is 43.5 Å². The van der Waals surface area contributed by atoms with Gasteiger partial charge in [-0.1, -0.05) is 33.6 Å². The maximum Gasteiger partial charge on any atom is 0.145 e. The van der Waals surface area contributed by atoms with Gasteiger partial charge in [0.2, 0.25) is 0 Å². The Bertz CT molecular complexity index is 602. The van der Waals surface area contributed by atoms with Crippen molar-refractivity contribution in [2.24, 2.45) is 0 Å². The number of hydrogen-bond donors (Lipinski definition) is 1. The molecule has 0 radical (unpaired) electrons. The zero-order valence-corrected chi connectivity index (χ0v) is 13.5. The molecule has 2 nitrogen and oxygen atoms in total. The molecule has 100 valence electrons. The molecule has 0 aliphatic heterocycles. The summed E-state index contributed by atoms with van der Waals surface area (Å²) in [5, 5.41) is 0.0413. The van der Waals surface area contributed by atoms with Crippen molar-refractivity contribution in [1.29, 1.82) is 0 Å². The van der Waals surface area contributed by atoms with Crippen LogP contribution in [-0.4, -0.2) is 0 Å². The van der Waals surface area contributed by atoms with Crippen LogP contribution < -0.4 is 10.5 Å². The Hall–Kier alpha value is -0.780. The second-order valence-corrected chi connectivity index (χ2v) is 5.91. The molecule has 0 saturated carbocycles. The van der Waals surface area contributed by atoms with Gasteiger partial charge in [0.05, 0.1) is 9.50 Å². The summed E-state index contributed by atoms with van der Waals surface area (Å²) in [6.45, 7) is 0.229. The third-order valence-corrected chi connectivity index (χ3v) is 4.15. The lowest BCUT2D eigenvalue weighted by Crippen LogP contribution is -2.02. The molecule has 2 rings (SSSR count). The topological polar surface area (TPSA) is 35.2 Å². The summed E-state index contributed by atoms with van der Waals surface area (Å²) < 4.78 is 20.4. The highest BCUT2D eigenvalue weighted by molar-refractivity contribution is 9.10. The molecule has 0 saturated heterocycles. The van der Waals surface area contributed by atoms with E-state index in [9.17, 15) is 4.39 Å². The molecule has 0 amide bonds. The summed E-state index contributed by atoms with van der Waals surface area (Å²) >= 11 is 12.3. The standard InChI is InChI=1S/C13H9Br2ClFNO/c14-8-2-1-3-12(18)7(8)6-19-13-5-11(17)10(16)4-9(13)15/h1-5H,6,18H2. The van der Waals surface area contributed by atoms with Crippen molar-refractivity contribution in [3.05, 3.63) is 55.7 Å². The number of halogens is 4. The number of rotatable bonds is 3. The Balaban J connectivity index is 2.22. The quantitative estimate of drug-likeness (QED) is 0.561. The van der Waals surface area contributed by atoms with E-state index in [1.807, 2.05) is 12.1 Å². The fraction of sp³-hybridized carbons (Fsp3) is 0.0769. The minimum absolute atomic E-state index is 0.0413. The normalized spacial score (nSPS) is 10.5. The van der Waals surface area contributed by atoms with Crippen molar-refractivity contribution in [3.8, 4) is 5.75 Å². The highest BCUT2D eigenvalue weighted by atomic mass is 79.9. The summed E-state index contributed by atoms with van der Waals surface area (Å²) in [7, 11) is 0. The van der Waals surface area contributed by atoms with Crippen LogP contribution in [0.3, 0.4) is 0 Å². The molecule has 0 aromatic heterocycles. The Morgan fingerprint density at radius 2 is 1.95 bits per heavy atom. The first kappa shape index (κ1) is 14.6. The fourth-order valence-electron chi connectivity index (χ4n) is 1.49. The Labute approximate surface area is 132 Å². The van der Waals surface area contributed by atoms with E-state index in [-0.39, 0.29) is 11.6 Å². The minimum Gasteiger partial charge on any atom is -0.487 e. The van der Waals surface area contributed by atoms with Crippen LogP contribution in [0.2, 0.25) is 5.02 Å². The van der Waals surface area contributed by atoms with Gasteiger partial charge in [-0.2, -0.15) is 0 Å². The number of anilines is 1. The molecule has 6 heteroatoms. The van der Waals surface area contributed by atoms with Gasteiger partial charge >= 0.3 is 0 Å². The number of benzene rings is 2. The average molecular weight is 409 g/mol. The third kappa shape index (κ3) is 3.41. The Morgan fingerprint density at radius 1 is 1.21 bits per heavy atom. The van der Waals surface area contributed by atoms with E-state index in [1.165, 1.54) is 12.1 Å². The fourth-order valence-corrected chi connectivity index (χ4v) is 2.74. The van der Waals surface area contributed by atoms with Gasteiger partial charge in [0.15, 0.2) is 0 Å². The summed E-state index contributed by atoms with van der Waals surface area (Å²) in [6, 6.07) is 8.17. The first-order valence-corrected chi connectivity index (χ1v) is 7.25. The van der Waals surface area contributed by atoms with Crippen molar-refractivity contribution in [3.63, 3.8) is 0 Å². The molecule has 0 atom stereocenters. The van der Waals surface area contributed by atoms with Crippen LogP contribution in [0.15, 0.2) is 39.3 Å². The molecule has 0 unspecified atom stereocenters.